The SMILES string of the molecule is C[C@H](c1ccc(-c2cnc3n[nH]nc3c2)cc1)N1CCOCC1. The van der Waals surface area contributed by atoms with Gasteiger partial charge in [0.25, 0.3) is 0 Å². The van der Waals surface area contributed by atoms with Gasteiger partial charge >= 0.3 is 0 Å². The van der Waals surface area contributed by atoms with Crippen LogP contribution in [0.2, 0.25) is 0 Å². The molecular weight excluding hydrogens is 290 g/mol. The summed E-state index contributed by atoms with van der Waals surface area (Å²) in [7, 11) is 0. The van der Waals surface area contributed by atoms with Gasteiger partial charge in [0.2, 0.25) is 5.65 Å². The molecule has 1 fully saturated rings. The van der Waals surface area contributed by atoms with E-state index in [4.69, 9.17) is 4.74 Å². The second-order valence-corrected chi connectivity index (χ2v) is 5.84. The van der Waals surface area contributed by atoms with Crippen molar-refractivity contribution in [3.05, 3.63) is 42.1 Å². The van der Waals surface area contributed by atoms with E-state index < -0.39 is 0 Å². The molecular formula is C17H19N5O. The van der Waals surface area contributed by atoms with E-state index in [-0.39, 0.29) is 0 Å². The van der Waals surface area contributed by atoms with Crippen LogP contribution in [0.1, 0.15) is 18.5 Å². The van der Waals surface area contributed by atoms with Gasteiger partial charge in [-0.3, -0.25) is 4.90 Å². The molecule has 4 rings (SSSR count). The maximum Gasteiger partial charge on any atom is 0.201 e. The maximum absolute atomic E-state index is 5.43. The van der Waals surface area contributed by atoms with Crippen LogP contribution in [0, 0.1) is 0 Å². The van der Waals surface area contributed by atoms with Gasteiger partial charge in [0.15, 0.2) is 0 Å². The van der Waals surface area contributed by atoms with E-state index in [2.05, 4.69) is 56.5 Å². The van der Waals surface area contributed by atoms with E-state index in [0.29, 0.717) is 11.7 Å². The first-order valence-electron chi connectivity index (χ1n) is 7.90. The minimum atomic E-state index is 0.407. The Morgan fingerprint density at radius 2 is 1.87 bits per heavy atom. The summed E-state index contributed by atoms with van der Waals surface area (Å²) in [6, 6.07) is 11.1. The predicted molar refractivity (Wildman–Crippen MR) is 87.9 cm³/mol. The van der Waals surface area contributed by atoms with Crippen LogP contribution < -0.4 is 0 Å². The molecule has 0 spiro atoms. The lowest BCUT2D eigenvalue weighted by atomic mass is 10.0. The van der Waals surface area contributed by atoms with E-state index >= 15 is 0 Å². The fourth-order valence-corrected chi connectivity index (χ4v) is 3.03. The number of aromatic nitrogens is 4. The molecule has 118 valence electrons. The maximum atomic E-state index is 5.43. The topological polar surface area (TPSA) is 66.9 Å². The molecule has 0 aliphatic carbocycles. The Bertz CT molecular complexity index is 792. The molecule has 3 heterocycles. The van der Waals surface area contributed by atoms with Crippen molar-refractivity contribution >= 4 is 11.2 Å². The van der Waals surface area contributed by atoms with Gasteiger partial charge in [-0.05, 0) is 24.1 Å². The fraction of sp³-hybridized carbons (Fsp3) is 0.353. The molecule has 1 atom stereocenters. The summed E-state index contributed by atoms with van der Waals surface area (Å²) >= 11 is 0. The van der Waals surface area contributed by atoms with Crippen LogP contribution >= 0.6 is 0 Å². The Morgan fingerprint density at radius 1 is 1.09 bits per heavy atom. The third kappa shape index (κ3) is 2.83. The molecule has 2 aromatic heterocycles. The standard InChI is InChI=1S/C17H19N5O/c1-12(22-6-8-23-9-7-22)13-2-4-14(5-3-13)15-10-16-17(18-11-15)20-21-19-16/h2-5,10-12H,6-9H2,1H3,(H,18,19,20,21)/t12-/m1/s1. The zero-order valence-electron chi connectivity index (χ0n) is 13.1. The van der Waals surface area contributed by atoms with Crippen molar-refractivity contribution in [2.45, 2.75) is 13.0 Å². The number of nitrogens with one attached hydrogen (secondary N) is 1. The minimum Gasteiger partial charge on any atom is -0.379 e. The molecule has 0 saturated carbocycles. The summed E-state index contributed by atoms with van der Waals surface area (Å²) in [6.07, 6.45) is 1.84. The van der Waals surface area contributed by atoms with E-state index in [1.807, 2.05) is 12.3 Å². The average Bonchev–Trinajstić information content (AvgIpc) is 3.10. The number of morpholine rings is 1. The highest BCUT2D eigenvalue weighted by molar-refractivity contribution is 5.76. The Labute approximate surface area is 134 Å². The van der Waals surface area contributed by atoms with Crippen LogP contribution in [0.5, 0.6) is 0 Å². The van der Waals surface area contributed by atoms with Gasteiger partial charge in [0, 0.05) is 30.9 Å². The molecule has 0 unspecified atom stereocenters. The van der Waals surface area contributed by atoms with Crippen LogP contribution in [-0.2, 0) is 4.74 Å². The smallest absolute Gasteiger partial charge is 0.201 e. The van der Waals surface area contributed by atoms with E-state index in [1.54, 1.807) is 0 Å². The molecule has 1 aliphatic heterocycles. The fourth-order valence-electron chi connectivity index (χ4n) is 3.03. The van der Waals surface area contributed by atoms with Crippen molar-refractivity contribution < 1.29 is 4.74 Å². The average molecular weight is 309 g/mol. The van der Waals surface area contributed by atoms with Gasteiger partial charge in [-0.2, -0.15) is 10.3 Å². The van der Waals surface area contributed by atoms with Crippen molar-refractivity contribution in [1.82, 2.24) is 25.3 Å². The highest BCUT2D eigenvalue weighted by Crippen LogP contribution is 2.26. The number of nitrogens with zero attached hydrogens (tertiary/aromatic N) is 4. The third-order valence-corrected chi connectivity index (χ3v) is 4.49. The van der Waals surface area contributed by atoms with Crippen LogP contribution in [-0.4, -0.2) is 51.6 Å². The van der Waals surface area contributed by atoms with Gasteiger partial charge in [0.05, 0.1) is 13.2 Å². The highest BCUT2D eigenvalue weighted by atomic mass is 16.5. The molecule has 6 heteroatoms. The van der Waals surface area contributed by atoms with Crippen LogP contribution in [0.25, 0.3) is 22.3 Å². The zero-order valence-corrected chi connectivity index (χ0v) is 13.1. The third-order valence-electron chi connectivity index (χ3n) is 4.49. The first kappa shape index (κ1) is 14.3. The van der Waals surface area contributed by atoms with Crippen LogP contribution in [0.15, 0.2) is 36.5 Å². The lowest BCUT2D eigenvalue weighted by molar-refractivity contribution is 0.0198. The molecule has 1 aliphatic rings. The van der Waals surface area contributed by atoms with Crippen molar-refractivity contribution in [2.24, 2.45) is 0 Å². The molecule has 1 N–H and O–H groups in total. The Morgan fingerprint density at radius 3 is 2.65 bits per heavy atom. The van der Waals surface area contributed by atoms with Crippen molar-refractivity contribution in [2.75, 3.05) is 26.3 Å². The van der Waals surface area contributed by atoms with Crippen molar-refractivity contribution in [3.63, 3.8) is 0 Å². The summed E-state index contributed by atoms with van der Waals surface area (Å²) in [6.45, 7) is 5.90. The van der Waals surface area contributed by atoms with Gasteiger partial charge in [-0.25, -0.2) is 4.98 Å². The number of ether oxygens (including phenoxy) is 1. The van der Waals surface area contributed by atoms with Crippen molar-refractivity contribution in [1.29, 1.82) is 0 Å². The Hall–Kier alpha value is -2.31. The van der Waals surface area contributed by atoms with Gasteiger partial charge < -0.3 is 4.74 Å². The quantitative estimate of drug-likeness (QED) is 0.805. The second-order valence-electron chi connectivity index (χ2n) is 5.84. The molecule has 1 saturated heterocycles. The summed E-state index contributed by atoms with van der Waals surface area (Å²) in [5, 5.41) is 10.7. The second kappa shape index (κ2) is 6.06. The predicted octanol–water partition coefficient (Wildman–Crippen LogP) is 2.41. The number of hydrogen-bond acceptors (Lipinski definition) is 5. The number of aromatic amines is 1. The number of hydrogen-bond donors (Lipinski definition) is 1. The summed E-state index contributed by atoms with van der Waals surface area (Å²) in [5.74, 6) is 0. The summed E-state index contributed by atoms with van der Waals surface area (Å²) in [5.41, 5.74) is 4.95. The molecule has 0 radical (unpaired) electrons. The molecule has 0 bridgehead atoms. The van der Waals surface area contributed by atoms with E-state index in [0.717, 1.165) is 42.9 Å². The number of fused-ring (bicyclic) bond motifs is 1. The monoisotopic (exact) mass is 309 g/mol. The minimum absolute atomic E-state index is 0.407. The largest absolute Gasteiger partial charge is 0.379 e. The normalized spacial score (nSPS) is 17.4. The molecule has 1 aromatic carbocycles. The lowest BCUT2D eigenvalue weighted by Gasteiger charge is -2.32. The number of H-pyrrole nitrogens is 1. The van der Waals surface area contributed by atoms with Crippen LogP contribution in [0.3, 0.4) is 0 Å². The van der Waals surface area contributed by atoms with E-state index in [1.165, 1.54) is 5.56 Å². The number of rotatable bonds is 3. The zero-order chi connectivity index (χ0) is 15.6. The van der Waals surface area contributed by atoms with E-state index in [9.17, 15) is 0 Å². The Balaban J connectivity index is 1.57. The molecule has 23 heavy (non-hydrogen) atoms. The van der Waals surface area contributed by atoms with Crippen LogP contribution in [0.4, 0.5) is 0 Å². The first-order valence-corrected chi connectivity index (χ1v) is 7.90. The number of benzene rings is 1. The number of pyridine rings is 1. The molecule has 3 aromatic rings. The molecule has 6 nitrogen and oxygen atoms in total. The summed E-state index contributed by atoms with van der Waals surface area (Å²) in [4.78, 5) is 6.78. The van der Waals surface area contributed by atoms with Gasteiger partial charge in [0.1, 0.15) is 5.52 Å². The Kier molecular flexibility index (Phi) is 3.77. The highest BCUT2D eigenvalue weighted by Gasteiger charge is 2.18. The molecule has 0 amide bonds. The lowest BCUT2D eigenvalue weighted by Crippen LogP contribution is -2.37. The first-order chi connectivity index (χ1) is 11.3. The van der Waals surface area contributed by atoms with Crippen molar-refractivity contribution in [3.8, 4) is 11.1 Å². The van der Waals surface area contributed by atoms with Gasteiger partial charge in [-0.1, -0.05) is 24.3 Å². The summed E-state index contributed by atoms with van der Waals surface area (Å²) < 4.78 is 5.43. The van der Waals surface area contributed by atoms with Gasteiger partial charge in [-0.15, -0.1) is 5.10 Å².